The maximum absolute atomic E-state index is 13.4. The number of anilines is 1. The van der Waals surface area contributed by atoms with Gasteiger partial charge in [-0.2, -0.15) is 0 Å². The molecule has 0 aliphatic carbocycles. The normalized spacial score (nSPS) is 25.7. The molecule has 0 bridgehead atoms. The van der Waals surface area contributed by atoms with Crippen LogP contribution in [0.5, 0.6) is 0 Å². The Labute approximate surface area is 167 Å². The lowest BCUT2D eigenvalue weighted by molar-refractivity contribution is -0.163. The second kappa shape index (κ2) is 8.07. The molecule has 0 aromatic carbocycles. The highest BCUT2D eigenvalue weighted by Crippen LogP contribution is 2.33. The summed E-state index contributed by atoms with van der Waals surface area (Å²) in [6.45, 7) is 11.6. The number of cyclic esters (lactones) is 1. The van der Waals surface area contributed by atoms with Gasteiger partial charge in [0.1, 0.15) is 5.82 Å². The van der Waals surface area contributed by atoms with Crippen molar-refractivity contribution in [1.29, 1.82) is 0 Å². The van der Waals surface area contributed by atoms with Crippen LogP contribution in [0.3, 0.4) is 0 Å². The third kappa shape index (κ3) is 4.46. The molecule has 3 rings (SSSR count). The van der Waals surface area contributed by atoms with Gasteiger partial charge in [-0.3, -0.25) is 4.79 Å². The molecule has 3 heterocycles. The number of aromatic nitrogens is 1. The Morgan fingerprint density at radius 3 is 2.61 bits per heavy atom. The van der Waals surface area contributed by atoms with E-state index in [4.69, 9.17) is 9.47 Å². The topological polar surface area (TPSA) is 72.0 Å². The van der Waals surface area contributed by atoms with Crippen molar-refractivity contribution in [3.63, 3.8) is 0 Å². The maximum Gasteiger partial charge on any atom is 0.338 e. The zero-order valence-corrected chi connectivity index (χ0v) is 17.4. The molecular weight excluding hydrogens is 358 g/mol. The first kappa shape index (κ1) is 20.6. The van der Waals surface area contributed by atoms with Gasteiger partial charge in [-0.25, -0.2) is 9.78 Å². The number of amides is 1. The lowest BCUT2D eigenvalue weighted by Gasteiger charge is -2.42. The lowest BCUT2D eigenvalue weighted by Crippen LogP contribution is -2.57. The second-order valence-electron chi connectivity index (χ2n) is 8.61. The number of ether oxygens (including phenoxy) is 2. The van der Waals surface area contributed by atoms with Crippen LogP contribution in [-0.2, 0) is 19.1 Å². The first-order chi connectivity index (χ1) is 13.2. The van der Waals surface area contributed by atoms with Gasteiger partial charge in [0.2, 0.25) is 11.7 Å². The average Bonchev–Trinajstić information content (AvgIpc) is 2.92. The molecule has 2 saturated heterocycles. The molecule has 7 nitrogen and oxygen atoms in total. The van der Waals surface area contributed by atoms with Crippen molar-refractivity contribution in [2.75, 3.05) is 24.5 Å². The van der Waals surface area contributed by atoms with Crippen molar-refractivity contribution in [2.45, 2.75) is 59.0 Å². The van der Waals surface area contributed by atoms with E-state index in [1.165, 1.54) is 0 Å². The minimum absolute atomic E-state index is 0.0170. The molecule has 0 saturated carbocycles. The quantitative estimate of drug-likeness (QED) is 0.721. The van der Waals surface area contributed by atoms with Gasteiger partial charge in [-0.15, -0.1) is 0 Å². The Kier molecular flexibility index (Phi) is 5.93. The van der Waals surface area contributed by atoms with Crippen molar-refractivity contribution in [2.24, 2.45) is 11.8 Å². The monoisotopic (exact) mass is 389 g/mol. The molecule has 2 aliphatic heterocycles. The largest absolute Gasteiger partial charge is 0.432 e. The minimum atomic E-state index is -0.986. The predicted octanol–water partition coefficient (Wildman–Crippen LogP) is 2.46. The van der Waals surface area contributed by atoms with Crippen molar-refractivity contribution in [3.05, 3.63) is 24.4 Å². The van der Waals surface area contributed by atoms with Crippen LogP contribution >= 0.6 is 0 Å². The van der Waals surface area contributed by atoms with Crippen LogP contribution in [0.15, 0.2) is 24.4 Å². The summed E-state index contributed by atoms with van der Waals surface area (Å²) in [4.78, 5) is 34.3. The smallest absolute Gasteiger partial charge is 0.338 e. The number of esters is 1. The molecule has 1 aromatic heterocycles. The molecule has 28 heavy (non-hydrogen) atoms. The van der Waals surface area contributed by atoms with E-state index < -0.39 is 23.8 Å². The van der Waals surface area contributed by atoms with Crippen molar-refractivity contribution in [1.82, 2.24) is 9.88 Å². The third-order valence-corrected chi connectivity index (χ3v) is 5.28. The van der Waals surface area contributed by atoms with Gasteiger partial charge in [0.25, 0.3) is 0 Å². The van der Waals surface area contributed by atoms with E-state index in [2.05, 4.69) is 9.88 Å². The fraction of sp³-hybridized carbons (Fsp3) is 0.667. The number of carbonyl (C=O) groups is 2. The van der Waals surface area contributed by atoms with Gasteiger partial charge in [0.15, 0.2) is 6.10 Å². The summed E-state index contributed by atoms with van der Waals surface area (Å²) in [7, 11) is 0. The second-order valence-corrected chi connectivity index (χ2v) is 8.61. The average molecular weight is 389 g/mol. The standard InChI is InChI=1S/C21H31N3O4/c1-14(2)12-16(18-20(26)28-21(4,5)27-18)19(25)24-11-10-23(13-15(24)3)17-8-6-7-9-22-17/h6-9,14-16,18H,10-13H2,1-5H3/t15?,16-,18-/m0/s1. The van der Waals surface area contributed by atoms with Crippen LogP contribution in [0, 0.1) is 11.8 Å². The van der Waals surface area contributed by atoms with Gasteiger partial charge in [-0.1, -0.05) is 19.9 Å². The number of piperazine rings is 1. The van der Waals surface area contributed by atoms with E-state index in [0.29, 0.717) is 26.1 Å². The van der Waals surface area contributed by atoms with Crippen LogP contribution in [0.25, 0.3) is 0 Å². The molecule has 154 valence electrons. The summed E-state index contributed by atoms with van der Waals surface area (Å²) in [5.41, 5.74) is 0. The van der Waals surface area contributed by atoms with Crippen LogP contribution in [-0.4, -0.2) is 59.3 Å². The number of nitrogens with zero attached hydrogens (tertiary/aromatic N) is 3. The molecule has 0 radical (unpaired) electrons. The van der Waals surface area contributed by atoms with Gasteiger partial charge in [0, 0.05) is 45.7 Å². The SMILES string of the molecule is CC(C)C[C@H](C(=O)N1CCN(c2ccccn2)CC1C)[C@@H]1OC(C)(C)OC1=O. The van der Waals surface area contributed by atoms with Crippen LogP contribution in [0.1, 0.15) is 41.0 Å². The molecule has 0 N–H and O–H groups in total. The van der Waals surface area contributed by atoms with Crippen LogP contribution in [0.4, 0.5) is 5.82 Å². The Hall–Kier alpha value is -2.15. The Morgan fingerprint density at radius 2 is 2.07 bits per heavy atom. The summed E-state index contributed by atoms with van der Waals surface area (Å²) in [5.74, 6) is -0.798. The molecule has 2 aliphatic rings. The van der Waals surface area contributed by atoms with E-state index in [1.807, 2.05) is 43.9 Å². The first-order valence-electron chi connectivity index (χ1n) is 10.0. The Morgan fingerprint density at radius 1 is 1.32 bits per heavy atom. The zero-order chi connectivity index (χ0) is 20.5. The molecular formula is C21H31N3O4. The number of carbonyl (C=O) groups excluding carboxylic acids is 2. The van der Waals surface area contributed by atoms with E-state index in [1.54, 1.807) is 20.0 Å². The fourth-order valence-electron chi connectivity index (χ4n) is 4.03. The summed E-state index contributed by atoms with van der Waals surface area (Å²) in [6, 6.07) is 5.86. The zero-order valence-electron chi connectivity index (χ0n) is 17.4. The molecule has 2 fully saturated rings. The number of rotatable bonds is 5. The van der Waals surface area contributed by atoms with Gasteiger partial charge in [0.05, 0.1) is 5.92 Å². The van der Waals surface area contributed by atoms with Crippen molar-refractivity contribution in [3.8, 4) is 0 Å². The van der Waals surface area contributed by atoms with Crippen molar-refractivity contribution < 1.29 is 19.1 Å². The van der Waals surface area contributed by atoms with E-state index in [9.17, 15) is 9.59 Å². The van der Waals surface area contributed by atoms with Crippen molar-refractivity contribution >= 4 is 17.7 Å². The Bertz CT molecular complexity index is 707. The van der Waals surface area contributed by atoms with Crippen LogP contribution < -0.4 is 4.90 Å². The molecule has 1 aromatic rings. The lowest BCUT2D eigenvalue weighted by atomic mass is 9.90. The number of pyridine rings is 1. The molecule has 1 unspecified atom stereocenters. The molecule has 1 amide bonds. The van der Waals surface area contributed by atoms with Gasteiger partial charge >= 0.3 is 5.97 Å². The highest BCUT2D eigenvalue weighted by atomic mass is 16.8. The summed E-state index contributed by atoms with van der Waals surface area (Å²) in [5, 5.41) is 0. The van der Waals surface area contributed by atoms with E-state index in [-0.39, 0.29) is 17.9 Å². The van der Waals surface area contributed by atoms with Crippen LogP contribution in [0.2, 0.25) is 0 Å². The summed E-state index contributed by atoms with van der Waals surface area (Å²) in [6.07, 6.45) is 1.52. The van der Waals surface area contributed by atoms with E-state index in [0.717, 1.165) is 5.82 Å². The highest BCUT2D eigenvalue weighted by Gasteiger charge is 2.49. The predicted molar refractivity (Wildman–Crippen MR) is 106 cm³/mol. The number of hydrogen-bond acceptors (Lipinski definition) is 6. The fourth-order valence-corrected chi connectivity index (χ4v) is 4.03. The minimum Gasteiger partial charge on any atom is -0.432 e. The highest BCUT2D eigenvalue weighted by molar-refractivity contribution is 5.88. The first-order valence-corrected chi connectivity index (χ1v) is 10.0. The molecule has 3 atom stereocenters. The number of hydrogen-bond donors (Lipinski definition) is 0. The molecule has 0 spiro atoms. The summed E-state index contributed by atoms with van der Waals surface area (Å²) < 4.78 is 11.1. The Balaban J connectivity index is 1.73. The maximum atomic E-state index is 13.4. The van der Waals surface area contributed by atoms with E-state index >= 15 is 0 Å². The van der Waals surface area contributed by atoms with Gasteiger partial charge < -0.3 is 19.3 Å². The third-order valence-electron chi connectivity index (χ3n) is 5.28. The summed E-state index contributed by atoms with van der Waals surface area (Å²) >= 11 is 0. The molecule has 7 heteroatoms. The van der Waals surface area contributed by atoms with Gasteiger partial charge in [-0.05, 0) is 31.4 Å².